The number of para-hydroxylation sites is 1. The van der Waals surface area contributed by atoms with Crippen molar-refractivity contribution in [2.75, 3.05) is 0 Å². The monoisotopic (exact) mass is 630 g/mol. The van der Waals surface area contributed by atoms with Crippen LogP contribution in [0.4, 0.5) is 0 Å². The minimum atomic E-state index is 0.666. The van der Waals surface area contributed by atoms with Gasteiger partial charge >= 0.3 is 0 Å². The Morgan fingerprint density at radius 2 is 0.938 bits per heavy atom. The predicted octanol–water partition coefficient (Wildman–Crippen LogP) is 11.5. The maximum absolute atomic E-state index is 4.97. The third-order valence-electron chi connectivity index (χ3n) is 9.21. The second kappa shape index (κ2) is 10.7. The van der Waals surface area contributed by atoms with Gasteiger partial charge in [0.15, 0.2) is 17.5 Å². The fourth-order valence-corrected chi connectivity index (χ4v) is 8.09. The number of aromatic nitrogens is 4. The van der Waals surface area contributed by atoms with Gasteiger partial charge in [-0.1, -0.05) is 121 Å². The Balaban J connectivity index is 1.13. The van der Waals surface area contributed by atoms with Crippen LogP contribution in [0.25, 0.3) is 92.6 Å². The van der Waals surface area contributed by atoms with Gasteiger partial charge in [0.05, 0.1) is 11.0 Å². The molecule has 224 valence electrons. The summed E-state index contributed by atoms with van der Waals surface area (Å²) in [5, 5.41) is 7.53. The zero-order valence-corrected chi connectivity index (χ0v) is 26.5. The molecule has 10 aromatic rings. The Morgan fingerprint density at radius 3 is 1.65 bits per heavy atom. The number of benzene rings is 7. The standard InChI is InChI=1S/C43H26N4S/c1-3-11-27(12-4-1)41-44-42(28-13-5-2-6-14-28)46-43(45-41)31-19-21-34-35-22-20-32(26-40(35)48-39(34)25-31)47-37-18-10-9-17-33(37)36-23-29-15-7-8-16-30(29)24-38(36)47/h1-26H. The van der Waals surface area contributed by atoms with Crippen LogP contribution in [0, 0.1) is 0 Å². The highest BCUT2D eigenvalue weighted by molar-refractivity contribution is 7.25. The first-order valence-electron chi connectivity index (χ1n) is 16.0. The molecule has 0 amide bonds. The van der Waals surface area contributed by atoms with Crippen LogP contribution in [-0.4, -0.2) is 19.5 Å². The minimum absolute atomic E-state index is 0.666. The normalized spacial score (nSPS) is 11.8. The van der Waals surface area contributed by atoms with Crippen LogP contribution in [0.5, 0.6) is 0 Å². The van der Waals surface area contributed by atoms with E-state index in [0.717, 1.165) is 22.4 Å². The number of rotatable bonds is 4. The van der Waals surface area contributed by atoms with Crippen molar-refractivity contribution in [3.63, 3.8) is 0 Å². The maximum Gasteiger partial charge on any atom is 0.164 e. The highest BCUT2D eigenvalue weighted by Gasteiger charge is 2.16. The van der Waals surface area contributed by atoms with Gasteiger partial charge in [-0.15, -0.1) is 11.3 Å². The summed E-state index contributed by atoms with van der Waals surface area (Å²) in [4.78, 5) is 14.8. The summed E-state index contributed by atoms with van der Waals surface area (Å²) in [5.41, 5.74) is 6.49. The average Bonchev–Trinajstić information content (AvgIpc) is 3.68. The van der Waals surface area contributed by atoms with Crippen molar-refractivity contribution in [3.05, 3.63) is 158 Å². The van der Waals surface area contributed by atoms with Gasteiger partial charge in [0.25, 0.3) is 0 Å². The van der Waals surface area contributed by atoms with Gasteiger partial charge < -0.3 is 4.57 Å². The molecule has 0 atom stereocenters. The predicted molar refractivity (Wildman–Crippen MR) is 201 cm³/mol. The van der Waals surface area contributed by atoms with E-state index in [1.165, 1.54) is 52.8 Å². The molecule has 5 heteroatoms. The second-order valence-corrected chi connectivity index (χ2v) is 13.2. The van der Waals surface area contributed by atoms with Crippen molar-refractivity contribution < 1.29 is 0 Å². The zero-order chi connectivity index (χ0) is 31.6. The van der Waals surface area contributed by atoms with Crippen LogP contribution in [-0.2, 0) is 0 Å². The fraction of sp³-hybridized carbons (Fsp3) is 0. The van der Waals surface area contributed by atoms with E-state index in [2.05, 4.69) is 102 Å². The lowest BCUT2D eigenvalue weighted by molar-refractivity contribution is 1.07. The maximum atomic E-state index is 4.97. The quantitative estimate of drug-likeness (QED) is 0.194. The first-order valence-corrected chi connectivity index (χ1v) is 16.8. The molecule has 48 heavy (non-hydrogen) atoms. The summed E-state index contributed by atoms with van der Waals surface area (Å²) < 4.78 is 4.86. The summed E-state index contributed by atoms with van der Waals surface area (Å²) in [6, 6.07) is 55.7. The van der Waals surface area contributed by atoms with Crippen LogP contribution in [0.1, 0.15) is 0 Å². The molecule has 7 aromatic carbocycles. The van der Waals surface area contributed by atoms with E-state index >= 15 is 0 Å². The summed E-state index contributed by atoms with van der Waals surface area (Å²) >= 11 is 1.81. The molecule has 0 aliphatic carbocycles. The van der Waals surface area contributed by atoms with E-state index in [-0.39, 0.29) is 0 Å². The van der Waals surface area contributed by atoms with Crippen molar-refractivity contribution in [1.82, 2.24) is 19.5 Å². The molecule has 10 rings (SSSR count). The molecule has 0 saturated carbocycles. The molecule has 0 bridgehead atoms. The largest absolute Gasteiger partial charge is 0.309 e. The van der Waals surface area contributed by atoms with E-state index in [1.54, 1.807) is 0 Å². The molecule has 4 nitrogen and oxygen atoms in total. The number of hydrogen-bond donors (Lipinski definition) is 0. The zero-order valence-electron chi connectivity index (χ0n) is 25.7. The first-order chi connectivity index (χ1) is 23.8. The van der Waals surface area contributed by atoms with Gasteiger partial charge in [0, 0.05) is 53.3 Å². The molecule has 0 radical (unpaired) electrons. The summed E-state index contributed by atoms with van der Waals surface area (Å²) in [7, 11) is 0. The summed E-state index contributed by atoms with van der Waals surface area (Å²) in [5.74, 6) is 2.00. The summed E-state index contributed by atoms with van der Waals surface area (Å²) in [6.45, 7) is 0. The molecule has 0 saturated heterocycles. The van der Waals surface area contributed by atoms with Gasteiger partial charge in [-0.3, -0.25) is 0 Å². The topological polar surface area (TPSA) is 43.6 Å². The molecule has 3 heterocycles. The average molecular weight is 631 g/mol. The van der Waals surface area contributed by atoms with Crippen LogP contribution in [0.2, 0.25) is 0 Å². The smallest absolute Gasteiger partial charge is 0.164 e. The number of nitrogens with zero attached hydrogens (tertiary/aromatic N) is 4. The van der Waals surface area contributed by atoms with Crippen LogP contribution in [0.3, 0.4) is 0 Å². The fourth-order valence-electron chi connectivity index (χ4n) is 6.91. The van der Waals surface area contributed by atoms with E-state index in [1.807, 2.05) is 72.0 Å². The molecule has 0 aliphatic rings. The van der Waals surface area contributed by atoms with Crippen molar-refractivity contribution in [1.29, 1.82) is 0 Å². The lowest BCUT2D eigenvalue weighted by Gasteiger charge is -2.09. The Labute approximate surface area is 280 Å². The molecule has 3 aromatic heterocycles. The molecule has 0 N–H and O–H groups in total. The molecule has 0 aliphatic heterocycles. The Morgan fingerprint density at radius 1 is 0.375 bits per heavy atom. The Bertz CT molecular complexity index is 2780. The highest BCUT2D eigenvalue weighted by atomic mass is 32.1. The van der Waals surface area contributed by atoms with Crippen LogP contribution in [0.15, 0.2) is 158 Å². The third kappa shape index (κ3) is 4.33. The molecule has 0 spiro atoms. The van der Waals surface area contributed by atoms with Gasteiger partial charge in [-0.2, -0.15) is 0 Å². The second-order valence-electron chi connectivity index (χ2n) is 12.1. The number of fused-ring (bicyclic) bond motifs is 7. The molecule has 0 fully saturated rings. The molecular weight excluding hydrogens is 605 g/mol. The molecular formula is C43H26N4S. The van der Waals surface area contributed by atoms with Crippen LogP contribution < -0.4 is 0 Å². The third-order valence-corrected chi connectivity index (χ3v) is 10.3. The Kier molecular flexibility index (Phi) is 6.01. The first kappa shape index (κ1) is 27.0. The molecule has 0 unspecified atom stereocenters. The van der Waals surface area contributed by atoms with Gasteiger partial charge in [0.2, 0.25) is 0 Å². The van der Waals surface area contributed by atoms with Crippen LogP contribution >= 0.6 is 11.3 Å². The van der Waals surface area contributed by atoms with E-state index in [0.29, 0.717) is 17.5 Å². The number of hydrogen-bond acceptors (Lipinski definition) is 4. The van der Waals surface area contributed by atoms with Crippen molar-refractivity contribution in [2.24, 2.45) is 0 Å². The summed E-state index contributed by atoms with van der Waals surface area (Å²) in [6.07, 6.45) is 0. The van der Waals surface area contributed by atoms with Crippen molar-refractivity contribution in [2.45, 2.75) is 0 Å². The van der Waals surface area contributed by atoms with E-state index < -0.39 is 0 Å². The van der Waals surface area contributed by atoms with Gasteiger partial charge in [-0.25, -0.2) is 15.0 Å². The van der Waals surface area contributed by atoms with Crippen molar-refractivity contribution in [3.8, 4) is 39.9 Å². The van der Waals surface area contributed by atoms with E-state index in [4.69, 9.17) is 15.0 Å². The van der Waals surface area contributed by atoms with Gasteiger partial charge in [0.1, 0.15) is 0 Å². The SMILES string of the molecule is c1ccc(-c2nc(-c3ccccc3)nc(-c3ccc4c(c3)sc3cc(-n5c6ccccc6c6cc7ccccc7cc65)ccc34)n2)cc1. The number of thiophene rings is 1. The van der Waals surface area contributed by atoms with E-state index in [9.17, 15) is 0 Å². The van der Waals surface area contributed by atoms with Crippen molar-refractivity contribution >= 4 is 64.1 Å². The minimum Gasteiger partial charge on any atom is -0.309 e. The highest BCUT2D eigenvalue weighted by Crippen LogP contribution is 2.40. The lowest BCUT2D eigenvalue weighted by atomic mass is 10.1. The lowest BCUT2D eigenvalue weighted by Crippen LogP contribution is -1.99. The van der Waals surface area contributed by atoms with Gasteiger partial charge in [-0.05, 0) is 47.2 Å². The Hall–Kier alpha value is -6.17.